The van der Waals surface area contributed by atoms with Crippen molar-refractivity contribution in [2.24, 2.45) is 0 Å². The summed E-state index contributed by atoms with van der Waals surface area (Å²) < 4.78 is 0. The van der Waals surface area contributed by atoms with Gasteiger partial charge < -0.3 is 0 Å². The zero-order valence-corrected chi connectivity index (χ0v) is 8.69. The van der Waals surface area contributed by atoms with Crippen LogP contribution in [0.15, 0.2) is 29.8 Å². The number of rotatable bonds is 1. The van der Waals surface area contributed by atoms with Crippen LogP contribution in [0.25, 0.3) is 10.6 Å². The van der Waals surface area contributed by atoms with Gasteiger partial charge in [-0.1, -0.05) is 11.6 Å². The molecule has 0 atom stereocenters. The highest BCUT2D eigenvalue weighted by atomic mass is 35.5. The van der Waals surface area contributed by atoms with Gasteiger partial charge in [0.15, 0.2) is 0 Å². The zero-order chi connectivity index (χ0) is 9.26. The van der Waals surface area contributed by atoms with Crippen LogP contribution >= 0.6 is 22.9 Å². The lowest BCUT2D eigenvalue weighted by molar-refractivity contribution is 1.39. The van der Waals surface area contributed by atoms with Gasteiger partial charge >= 0.3 is 0 Å². The number of hydrogen-bond acceptors (Lipinski definition) is 2. The number of hydrogen-bond donors (Lipinski definition) is 0. The van der Waals surface area contributed by atoms with Gasteiger partial charge in [-0.25, -0.2) is 4.98 Å². The van der Waals surface area contributed by atoms with Crippen molar-refractivity contribution in [3.63, 3.8) is 0 Å². The lowest BCUT2D eigenvalue weighted by atomic mass is 10.1. The van der Waals surface area contributed by atoms with Gasteiger partial charge in [0.25, 0.3) is 0 Å². The quantitative estimate of drug-likeness (QED) is 0.697. The summed E-state index contributed by atoms with van der Waals surface area (Å²) in [5.74, 6) is 0. The molecule has 0 N–H and O–H groups in total. The molecule has 0 saturated heterocycles. The van der Waals surface area contributed by atoms with E-state index in [1.165, 1.54) is 0 Å². The highest BCUT2D eigenvalue weighted by Gasteiger charge is 2.01. The first-order valence-corrected chi connectivity index (χ1v) is 5.18. The van der Waals surface area contributed by atoms with Crippen molar-refractivity contribution in [2.45, 2.75) is 6.92 Å². The van der Waals surface area contributed by atoms with Crippen molar-refractivity contribution in [2.75, 3.05) is 0 Å². The van der Waals surface area contributed by atoms with Gasteiger partial charge in [0.1, 0.15) is 5.01 Å². The molecule has 0 unspecified atom stereocenters. The fraction of sp³-hybridized carbons (Fsp3) is 0.100. The van der Waals surface area contributed by atoms with Crippen LogP contribution in [-0.2, 0) is 0 Å². The minimum atomic E-state index is 0.769. The van der Waals surface area contributed by atoms with Crippen LogP contribution in [0.5, 0.6) is 0 Å². The van der Waals surface area contributed by atoms with Crippen molar-refractivity contribution in [1.29, 1.82) is 0 Å². The fourth-order valence-electron chi connectivity index (χ4n) is 1.23. The summed E-state index contributed by atoms with van der Waals surface area (Å²) in [5, 5.41) is 3.75. The molecule has 1 heterocycles. The maximum Gasteiger partial charge on any atom is 0.123 e. The molecule has 13 heavy (non-hydrogen) atoms. The summed E-state index contributed by atoms with van der Waals surface area (Å²) in [7, 11) is 0. The normalized spacial score (nSPS) is 10.3. The number of halogens is 1. The highest BCUT2D eigenvalue weighted by molar-refractivity contribution is 7.13. The van der Waals surface area contributed by atoms with Crippen LogP contribution in [0.4, 0.5) is 0 Å². The van der Waals surface area contributed by atoms with Gasteiger partial charge in [-0.2, -0.15) is 0 Å². The monoisotopic (exact) mass is 209 g/mol. The molecule has 0 aliphatic carbocycles. The summed E-state index contributed by atoms with van der Waals surface area (Å²) in [6, 6.07) is 5.97. The van der Waals surface area contributed by atoms with E-state index in [2.05, 4.69) is 11.1 Å². The molecule has 0 amide bonds. The van der Waals surface area contributed by atoms with Crippen LogP contribution in [0.2, 0.25) is 5.02 Å². The van der Waals surface area contributed by atoms with Crippen LogP contribution < -0.4 is 0 Å². The van der Waals surface area contributed by atoms with E-state index in [1.807, 2.05) is 24.4 Å². The van der Waals surface area contributed by atoms with Crippen molar-refractivity contribution >= 4 is 22.9 Å². The van der Waals surface area contributed by atoms with E-state index in [1.54, 1.807) is 17.5 Å². The Morgan fingerprint density at radius 1 is 1.31 bits per heavy atom. The van der Waals surface area contributed by atoms with Gasteiger partial charge in [-0.15, -0.1) is 11.3 Å². The Labute approximate surface area is 86.0 Å². The number of benzene rings is 1. The molecule has 0 radical (unpaired) electrons. The second-order valence-corrected chi connectivity index (χ2v) is 4.19. The molecule has 0 bridgehead atoms. The molecule has 0 spiro atoms. The molecule has 3 heteroatoms. The Balaban J connectivity index is 2.53. The van der Waals surface area contributed by atoms with Gasteiger partial charge in [0, 0.05) is 22.2 Å². The molecule has 0 fully saturated rings. The first kappa shape index (κ1) is 8.73. The minimum absolute atomic E-state index is 0.769. The molecule has 1 nitrogen and oxygen atoms in total. The summed E-state index contributed by atoms with van der Waals surface area (Å²) >= 11 is 7.57. The first-order chi connectivity index (χ1) is 6.25. The molecule has 0 aliphatic rings. The van der Waals surface area contributed by atoms with Gasteiger partial charge in [0.2, 0.25) is 0 Å². The number of aromatic nitrogens is 1. The largest absolute Gasteiger partial charge is 0.245 e. The van der Waals surface area contributed by atoms with Crippen LogP contribution in [-0.4, -0.2) is 4.98 Å². The van der Waals surface area contributed by atoms with E-state index in [9.17, 15) is 0 Å². The molecule has 2 rings (SSSR count). The second-order valence-electron chi connectivity index (χ2n) is 2.85. The van der Waals surface area contributed by atoms with E-state index in [-0.39, 0.29) is 0 Å². The maximum atomic E-state index is 5.94. The highest BCUT2D eigenvalue weighted by Crippen LogP contribution is 2.25. The predicted molar refractivity (Wildman–Crippen MR) is 57.3 cm³/mol. The van der Waals surface area contributed by atoms with Crippen molar-refractivity contribution in [3.8, 4) is 10.6 Å². The number of nitrogens with zero attached hydrogens (tertiary/aromatic N) is 1. The Kier molecular flexibility index (Phi) is 2.34. The zero-order valence-electron chi connectivity index (χ0n) is 7.12. The smallest absolute Gasteiger partial charge is 0.123 e. The Morgan fingerprint density at radius 3 is 2.77 bits per heavy atom. The van der Waals surface area contributed by atoms with Crippen molar-refractivity contribution in [3.05, 3.63) is 40.4 Å². The molecule has 2 aromatic rings. The van der Waals surface area contributed by atoms with Crippen LogP contribution in [0.1, 0.15) is 5.56 Å². The predicted octanol–water partition coefficient (Wildman–Crippen LogP) is 3.77. The van der Waals surface area contributed by atoms with E-state index in [0.29, 0.717) is 0 Å². The van der Waals surface area contributed by atoms with E-state index < -0.39 is 0 Å². The summed E-state index contributed by atoms with van der Waals surface area (Å²) in [6.07, 6.45) is 1.80. The summed E-state index contributed by atoms with van der Waals surface area (Å²) in [6.45, 7) is 2.03. The van der Waals surface area contributed by atoms with E-state index in [4.69, 9.17) is 11.6 Å². The van der Waals surface area contributed by atoms with E-state index in [0.717, 1.165) is 21.2 Å². The third kappa shape index (κ3) is 1.90. The maximum absolute atomic E-state index is 5.94. The molecule has 1 aromatic carbocycles. The lowest BCUT2D eigenvalue weighted by Gasteiger charge is -1.99. The molecular formula is C10H8ClNS. The second kappa shape index (κ2) is 3.48. The Hall–Kier alpha value is -0.860. The van der Waals surface area contributed by atoms with Crippen molar-refractivity contribution in [1.82, 2.24) is 4.98 Å². The lowest BCUT2D eigenvalue weighted by Crippen LogP contribution is -1.78. The first-order valence-electron chi connectivity index (χ1n) is 3.93. The Bertz CT molecular complexity index is 389. The van der Waals surface area contributed by atoms with Gasteiger partial charge in [0.05, 0.1) is 0 Å². The molecular weight excluding hydrogens is 202 g/mol. The topological polar surface area (TPSA) is 12.9 Å². The SMILES string of the molecule is Cc1cc(Cl)cc(-c2nccs2)c1. The fourth-order valence-corrected chi connectivity index (χ4v) is 2.14. The van der Waals surface area contributed by atoms with Crippen LogP contribution in [0.3, 0.4) is 0 Å². The average Bonchev–Trinajstić information content (AvgIpc) is 2.53. The summed E-state index contributed by atoms with van der Waals surface area (Å²) in [5.41, 5.74) is 2.26. The van der Waals surface area contributed by atoms with Crippen LogP contribution in [0, 0.1) is 6.92 Å². The number of thiazole rings is 1. The third-order valence-electron chi connectivity index (χ3n) is 1.72. The van der Waals surface area contributed by atoms with Gasteiger partial charge in [-0.05, 0) is 30.7 Å². The Morgan fingerprint density at radius 2 is 2.15 bits per heavy atom. The minimum Gasteiger partial charge on any atom is -0.245 e. The average molecular weight is 210 g/mol. The molecule has 66 valence electrons. The molecule has 1 aromatic heterocycles. The number of aryl methyl sites for hydroxylation is 1. The van der Waals surface area contributed by atoms with Crippen molar-refractivity contribution < 1.29 is 0 Å². The molecule has 0 saturated carbocycles. The third-order valence-corrected chi connectivity index (χ3v) is 2.76. The molecule has 0 aliphatic heterocycles. The standard InChI is InChI=1S/C10H8ClNS/c1-7-4-8(6-9(11)5-7)10-12-2-3-13-10/h2-6H,1H3. The van der Waals surface area contributed by atoms with E-state index >= 15 is 0 Å². The summed E-state index contributed by atoms with van der Waals surface area (Å²) in [4.78, 5) is 4.23. The van der Waals surface area contributed by atoms with Gasteiger partial charge in [-0.3, -0.25) is 0 Å².